The molecule has 20 heavy (non-hydrogen) atoms. The van der Waals surface area contributed by atoms with E-state index in [1.165, 1.54) is 0 Å². The highest BCUT2D eigenvalue weighted by Crippen LogP contribution is 2.32. The van der Waals surface area contributed by atoms with Gasteiger partial charge in [0.05, 0.1) is 18.7 Å². The second kappa shape index (κ2) is 5.00. The number of hydrogen-bond donors (Lipinski definition) is 1. The maximum Gasteiger partial charge on any atom is 0.308 e. The molecule has 2 heterocycles. The first-order valence-electron chi connectivity index (χ1n) is 6.58. The fraction of sp³-hybridized carbons (Fsp3) is 0.333. The summed E-state index contributed by atoms with van der Waals surface area (Å²) in [5, 5.41) is 12.9. The molecule has 5 nitrogen and oxygen atoms in total. The molecule has 0 unspecified atom stereocenters. The summed E-state index contributed by atoms with van der Waals surface area (Å²) in [5.41, 5.74) is 3.24. The number of carbonyl (C=O) groups is 1. The van der Waals surface area contributed by atoms with Crippen molar-refractivity contribution in [3.05, 3.63) is 35.0 Å². The number of aliphatic carboxylic acids is 1. The molecule has 0 amide bonds. The monoisotopic (exact) mass is 273 g/mol. The van der Waals surface area contributed by atoms with Crippen LogP contribution in [0.4, 0.5) is 0 Å². The molecule has 0 fully saturated rings. The van der Waals surface area contributed by atoms with E-state index in [4.69, 9.17) is 14.4 Å². The normalized spacial score (nSPS) is 13.7. The smallest absolute Gasteiger partial charge is 0.308 e. The molecule has 0 radical (unpaired) electrons. The van der Waals surface area contributed by atoms with Gasteiger partial charge in [-0.15, -0.1) is 0 Å². The molecule has 1 aliphatic heterocycles. The molecule has 5 heteroatoms. The summed E-state index contributed by atoms with van der Waals surface area (Å²) in [6, 6.07) is 5.79. The van der Waals surface area contributed by atoms with Gasteiger partial charge >= 0.3 is 5.97 Å². The Bertz CT molecular complexity index is 660. The van der Waals surface area contributed by atoms with Crippen LogP contribution in [0.1, 0.15) is 23.2 Å². The number of hydrogen-bond acceptors (Lipinski definition) is 4. The lowest BCUT2D eigenvalue weighted by molar-refractivity contribution is -0.136. The number of carboxylic acids is 1. The van der Waals surface area contributed by atoms with E-state index in [1.807, 2.05) is 18.2 Å². The predicted molar refractivity (Wildman–Crippen MR) is 71.8 cm³/mol. The van der Waals surface area contributed by atoms with Gasteiger partial charge in [-0.05, 0) is 43.5 Å². The predicted octanol–water partition coefficient (Wildman–Crippen LogP) is 2.60. The van der Waals surface area contributed by atoms with Gasteiger partial charge in [-0.3, -0.25) is 4.79 Å². The van der Waals surface area contributed by atoms with Crippen molar-refractivity contribution in [2.45, 2.75) is 26.2 Å². The molecular weight excluding hydrogens is 258 g/mol. The van der Waals surface area contributed by atoms with Crippen LogP contribution in [0.2, 0.25) is 0 Å². The Morgan fingerprint density at radius 1 is 1.45 bits per heavy atom. The number of nitrogens with zero attached hydrogens (tertiary/aromatic N) is 1. The van der Waals surface area contributed by atoms with Crippen molar-refractivity contribution in [2.24, 2.45) is 0 Å². The fourth-order valence-electron chi connectivity index (χ4n) is 2.48. The number of ether oxygens (including phenoxy) is 1. The maximum atomic E-state index is 10.9. The highest BCUT2D eigenvalue weighted by Gasteiger charge is 2.19. The van der Waals surface area contributed by atoms with Crippen molar-refractivity contribution >= 4 is 5.97 Å². The van der Waals surface area contributed by atoms with Crippen LogP contribution in [0.15, 0.2) is 22.7 Å². The molecule has 1 aromatic heterocycles. The van der Waals surface area contributed by atoms with E-state index in [1.54, 1.807) is 6.92 Å². The third kappa shape index (κ3) is 2.27. The van der Waals surface area contributed by atoms with Crippen molar-refractivity contribution in [3.8, 4) is 17.1 Å². The number of fused-ring (bicyclic) bond motifs is 1. The van der Waals surface area contributed by atoms with Crippen LogP contribution in [0.5, 0.6) is 5.75 Å². The van der Waals surface area contributed by atoms with E-state index in [9.17, 15) is 4.79 Å². The minimum absolute atomic E-state index is 0.0851. The zero-order valence-corrected chi connectivity index (χ0v) is 11.2. The first-order chi connectivity index (χ1) is 9.65. The van der Waals surface area contributed by atoms with Gasteiger partial charge in [0.15, 0.2) is 5.76 Å². The fourth-order valence-corrected chi connectivity index (χ4v) is 2.48. The Morgan fingerprint density at radius 2 is 2.30 bits per heavy atom. The lowest BCUT2D eigenvalue weighted by atomic mass is 9.99. The summed E-state index contributed by atoms with van der Waals surface area (Å²) in [7, 11) is 0. The van der Waals surface area contributed by atoms with E-state index < -0.39 is 5.97 Å². The van der Waals surface area contributed by atoms with Crippen LogP contribution in [-0.4, -0.2) is 22.8 Å². The third-order valence-corrected chi connectivity index (χ3v) is 3.48. The molecular formula is C15H15NO4. The van der Waals surface area contributed by atoms with Gasteiger partial charge in [-0.1, -0.05) is 5.16 Å². The Balaban J connectivity index is 2.03. The van der Waals surface area contributed by atoms with E-state index in [-0.39, 0.29) is 6.42 Å². The molecule has 1 N–H and O–H groups in total. The van der Waals surface area contributed by atoms with Crippen molar-refractivity contribution < 1.29 is 19.2 Å². The lowest BCUT2D eigenvalue weighted by Crippen LogP contribution is -2.08. The van der Waals surface area contributed by atoms with E-state index in [2.05, 4.69) is 5.16 Å². The van der Waals surface area contributed by atoms with Gasteiger partial charge in [0.1, 0.15) is 5.75 Å². The zero-order chi connectivity index (χ0) is 14.1. The van der Waals surface area contributed by atoms with Gasteiger partial charge < -0.3 is 14.4 Å². The van der Waals surface area contributed by atoms with Gasteiger partial charge in [-0.2, -0.15) is 0 Å². The van der Waals surface area contributed by atoms with Crippen molar-refractivity contribution in [2.75, 3.05) is 6.61 Å². The van der Waals surface area contributed by atoms with Crippen LogP contribution in [0, 0.1) is 6.92 Å². The van der Waals surface area contributed by atoms with Crippen LogP contribution in [0.3, 0.4) is 0 Å². The highest BCUT2D eigenvalue weighted by molar-refractivity contribution is 5.75. The van der Waals surface area contributed by atoms with E-state index >= 15 is 0 Å². The molecule has 0 atom stereocenters. The molecule has 1 aliphatic rings. The average Bonchev–Trinajstić information content (AvgIpc) is 2.79. The summed E-state index contributed by atoms with van der Waals surface area (Å²) in [6.45, 7) is 2.50. The van der Waals surface area contributed by atoms with Crippen LogP contribution in [0.25, 0.3) is 11.3 Å². The SMILES string of the molecule is Cc1noc(-c2ccc3c(c2)CCCO3)c1CC(=O)O. The second-order valence-corrected chi connectivity index (χ2v) is 4.92. The number of carboxylic acid groups (broad SMARTS) is 1. The van der Waals surface area contributed by atoms with Crippen molar-refractivity contribution in [3.63, 3.8) is 0 Å². The van der Waals surface area contributed by atoms with Crippen LogP contribution in [-0.2, 0) is 17.6 Å². The minimum atomic E-state index is -0.890. The van der Waals surface area contributed by atoms with Gasteiger partial charge in [0.2, 0.25) is 0 Å². The van der Waals surface area contributed by atoms with Gasteiger partial charge in [-0.25, -0.2) is 0 Å². The third-order valence-electron chi connectivity index (χ3n) is 3.48. The molecule has 0 bridgehead atoms. The van der Waals surface area contributed by atoms with E-state index in [0.29, 0.717) is 17.0 Å². The quantitative estimate of drug-likeness (QED) is 0.930. The standard InChI is InChI=1S/C15H15NO4/c1-9-12(8-14(17)18)15(20-16-9)11-4-5-13-10(7-11)3-2-6-19-13/h4-5,7H,2-3,6,8H2,1H3,(H,17,18). The molecule has 0 spiro atoms. The van der Waals surface area contributed by atoms with Gasteiger partial charge in [0, 0.05) is 11.1 Å². The number of benzene rings is 1. The first-order valence-corrected chi connectivity index (χ1v) is 6.58. The Labute approximate surface area is 116 Å². The number of aryl methyl sites for hydroxylation is 2. The van der Waals surface area contributed by atoms with E-state index in [0.717, 1.165) is 36.3 Å². The molecule has 1 aromatic carbocycles. The molecule has 0 aliphatic carbocycles. The first kappa shape index (κ1) is 12.7. The summed E-state index contributed by atoms with van der Waals surface area (Å²) in [4.78, 5) is 10.9. The summed E-state index contributed by atoms with van der Waals surface area (Å²) in [6.07, 6.45) is 1.87. The summed E-state index contributed by atoms with van der Waals surface area (Å²) < 4.78 is 10.9. The summed E-state index contributed by atoms with van der Waals surface area (Å²) in [5.74, 6) is 0.549. The number of rotatable bonds is 3. The van der Waals surface area contributed by atoms with Crippen LogP contribution < -0.4 is 4.74 Å². The molecule has 0 saturated carbocycles. The van der Waals surface area contributed by atoms with Crippen LogP contribution >= 0.6 is 0 Å². The van der Waals surface area contributed by atoms with Crippen molar-refractivity contribution in [1.29, 1.82) is 0 Å². The average molecular weight is 273 g/mol. The zero-order valence-electron chi connectivity index (χ0n) is 11.2. The molecule has 3 rings (SSSR count). The molecule has 0 saturated heterocycles. The number of aromatic nitrogens is 1. The maximum absolute atomic E-state index is 10.9. The Hall–Kier alpha value is -2.30. The topological polar surface area (TPSA) is 72.6 Å². The van der Waals surface area contributed by atoms with Crippen molar-refractivity contribution in [1.82, 2.24) is 5.16 Å². The Morgan fingerprint density at radius 3 is 3.10 bits per heavy atom. The molecule has 2 aromatic rings. The lowest BCUT2D eigenvalue weighted by Gasteiger charge is -2.17. The highest BCUT2D eigenvalue weighted by atomic mass is 16.5. The second-order valence-electron chi connectivity index (χ2n) is 4.92. The molecule has 104 valence electrons. The summed E-state index contributed by atoms with van der Waals surface area (Å²) >= 11 is 0. The minimum Gasteiger partial charge on any atom is -0.493 e. The largest absolute Gasteiger partial charge is 0.493 e. The van der Waals surface area contributed by atoms with Gasteiger partial charge in [0.25, 0.3) is 0 Å². The Kier molecular flexibility index (Phi) is 3.18.